The fourth-order valence-corrected chi connectivity index (χ4v) is 3.32. The first kappa shape index (κ1) is 13.3. The molecule has 4 rings (SSSR count). The number of aromatic nitrogens is 1. The van der Waals surface area contributed by atoms with Crippen LogP contribution in [0.4, 0.5) is 5.82 Å². The molecule has 2 atom stereocenters. The Hall–Kier alpha value is -2.34. The third kappa shape index (κ3) is 1.91. The average molecular weight is 299 g/mol. The number of carbonyl (C=O) groups is 1. The van der Waals surface area contributed by atoms with Gasteiger partial charge in [-0.3, -0.25) is 4.79 Å². The van der Waals surface area contributed by atoms with E-state index < -0.39 is 6.23 Å². The zero-order valence-corrected chi connectivity index (χ0v) is 12.2. The third-order valence-corrected chi connectivity index (χ3v) is 4.43. The third-order valence-electron chi connectivity index (χ3n) is 4.43. The summed E-state index contributed by atoms with van der Waals surface area (Å²) >= 11 is 0. The van der Waals surface area contributed by atoms with Gasteiger partial charge in [-0.25, -0.2) is 4.98 Å². The minimum absolute atomic E-state index is 0.135. The van der Waals surface area contributed by atoms with E-state index in [9.17, 15) is 9.90 Å². The van der Waals surface area contributed by atoms with E-state index in [1.165, 1.54) is 0 Å². The summed E-state index contributed by atoms with van der Waals surface area (Å²) in [6, 6.07) is 7.28. The van der Waals surface area contributed by atoms with E-state index in [4.69, 9.17) is 9.72 Å². The van der Waals surface area contributed by atoms with Gasteiger partial charge in [0.05, 0.1) is 12.6 Å². The van der Waals surface area contributed by atoms with E-state index >= 15 is 0 Å². The normalized spacial score (nSPS) is 23.7. The molecule has 2 N–H and O–H groups in total. The van der Waals surface area contributed by atoms with Gasteiger partial charge >= 0.3 is 0 Å². The number of methoxy groups -OCH3 is 1. The molecule has 1 aromatic carbocycles. The Kier molecular flexibility index (Phi) is 2.94. The predicted octanol–water partition coefficient (Wildman–Crippen LogP) is 1.33. The smallest absolute Gasteiger partial charge is 0.245 e. The van der Waals surface area contributed by atoms with E-state index in [1.807, 2.05) is 29.2 Å². The second-order valence-electron chi connectivity index (χ2n) is 5.72. The maximum atomic E-state index is 12.2. The Morgan fingerprint density at radius 2 is 2.27 bits per heavy atom. The number of anilines is 1. The molecule has 1 fully saturated rings. The summed E-state index contributed by atoms with van der Waals surface area (Å²) in [5.74, 6) is 1.30. The van der Waals surface area contributed by atoms with Crippen molar-refractivity contribution in [1.82, 2.24) is 10.3 Å². The summed E-state index contributed by atoms with van der Waals surface area (Å²) in [6.45, 7) is 0.784. The van der Waals surface area contributed by atoms with Gasteiger partial charge in [-0.2, -0.15) is 0 Å². The monoisotopic (exact) mass is 299 g/mol. The summed E-state index contributed by atoms with van der Waals surface area (Å²) in [6.07, 6.45) is 0.715. The second kappa shape index (κ2) is 4.84. The lowest BCUT2D eigenvalue weighted by Crippen LogP contribution is -2.41. The number of aliphatic hydroxyl groups is 1. The number of pyridine rings is 1. The van der Waals surface area contributed by atoms with Crippen LogP contribution in [0, 0.1) is 0 Å². The van der Waals surface area contributed by atoms with Gasteiger partial charge in [0.15, 0.2) is 6.23 Å². The van der Waals surface area contributed by atoms with E-state index in [1.54, 1.807) is 7.11 Å². The maximum Gasteiger partial charge on any atom is 0.245 e. The first-order valence-corrected chi connectivity index (χ1v) is 7.41. The molecule has 1 amide bonds. The highest BCUT2D eigenvalue weighted by atomic mass is 16.5. The molecule has 1 saturated heterocycles. The number of ether oxygens (including phenoxy) is 1. The largest absolute Gasteiger partial charge is 0.497 e. The van der Waals surface area contributed by atoms with Crippen LogP contribution in [0.2, 0.25) is 0 Å². The molecule has 0 aliphatic carbocycles. The summed E-state index contributed by atoms with van der Waals surface area (Å²) < 4.78 is 5.23. The molecule has 0 bridgehead atoms. The van der Waals surface area contributed by atoms with Gasteiger partial charge in [0.25, 0.3) is 0 Å². The Bertz CT molecular complexity index is 762. The van der Waals surface area contributed by atoms with Crippen LogP contribution in [-0.4, -0.2) is 35.7 Å². The highest BCUT2D eigenvalue weighted by molar-refractivity contribution is 5.90. The Morgan fingerprint density at radius 1 is 1.41 bits per heavy atom. The minimum Gasteiger partial charge on any atom is -0.497 e. The van der Waals surface area contributed by atoms with Crippen molar-refractivity contribution in [3.63, 3.8) is 0 Å². The van der Waals surface area contributed by atoms with Crippen LogP contribution in [0.1, 0.15) is 24.6 Å². The molecule has 114 valence electrons. The summed E-state index contributed by atoms with van der Waals surface area (Å²) in [7, 11) is 1.61. The number of carbonyl (C=O) groups excluding carboxylic acids is 1. The number of aliphatic hydroxyl groups excluding tert-OH is 1. The number of amides is 1. The number of hydrogen-bond donors (Lipinski definition) is 2. The molecule has 1 aromatic heterocycles. The average Bonchev–Trinajstić information content (AvgIpc) is 2.99. The molecule has 2 aromatic rings. The zero-order chi connectivity index (χ0) is 15.3. The van der Waals surface area contributed by atoms with E-state index in [0.29, 0.717) is 11.4 Å². The van der Waals surface area contributed by atoms with Crippen molar-refractivity contribution in [2.24, 2.45) is 0 Å². The maximum absolute atomic E-state index is 12.2. The molecule has 0 spiro atoms. The number of nitrogens with zero attached hydrogens (tertiary/aromatic N) is 2. The summed E-state index contributed by atoms with van der Waals surface area (Å²) in [5, 5.41) is 13.9. The molecular formula is C16H17N3O3. The van der Waals surface area contributed by atoms with Gasteiger partial charge in [0.2, 0.25) is 5.91 Å². The molecule has 3 heterocycles. The van der Waals surface area contributed by atoms with Crippen LogP contribution in [0.3, 0.4) is 0 Å². The lowest BCUT2D eigenvalue weighted by Gasteiger charge is -2.23. The minimum atomic E-state index is -1.03. The van der Waals surface area contributed by atoms with E-state index in [0.717, 1.165) is 36.0 Å². The molecule has 2 aliphatic rings. The standard InChI is InChI=1S/C16H17N3O3/c1-22-10-4-5-12-9(7-10)8-11-14(17-12)19-6-2-3-13(19)16(21)18-15(11)20/h4-5,7-8,13,15,20H,2-3,6H2,1H3,(H,18,21)/t13-,15-/m1/s1. The molecule has 22 heavy (non-hydrogen) atoms. The van der Waals surface area contributed by atoms with Crippen molar-refractivity contribution in [3.8, 4) is 5.75 Å². The molecule has 2 aliphatic heterocycles. The Morgan fingerprint density at radius 3 is 3.09 bits per heavy atom. The molecular weight excluding hydrogens is 282 g/mol. The quantitative estimate of drug-likeness (QED) is 0.831. The lowest BCUT2D eigenvalue weighted by molar-refractivity contribution is -0.124. The predicted molar refractivity (Wildman–Crippen MR) is 81.8 cm³/mol. The Labute approximate surface area is 127 Å². The molecule has 6 heteroatoms. The van der Waals surface area contributed by atoms with Crippen LogP contribution in [0.25, 0.3) is 10.9 Å². The fourth-order valence-electron chi connectivity index (χ4n) is 3.32. The van der Waals surface area contributed by atoms with Gasteiger partial charge in [-0.15, -0.1) is 0 Å². The molecule has 0 radical (unpaired) electrons. The van der Waals surface area contributed by atoms with E-state index in [2.05, 4.69) is 5.32 Å². The highest BCUT2D eigenvalue weighted by Gasteiger charge is 2.38. The van der Waals surface area contributed by atoms with Crippen molar-refractivity contribution < 1.29 is 14.6 Å². The highest BCUT2D eigenvalue weighted by Crippen LogP contribution is 2.35. The number of hydrogen-bond acceptors (Lipinski definition) is 5. The first-order valence-electron chi connectivity index (χ1n) is 7.41. The number of benzene rings is 1. The van der Waals surface area contributed by atoms with E-state index in [-0.39, 0.29) is 11.9 Å². The summed E-state index contributed by atoms with van der Waals surface area (Å²) in [4.78, 5) is 18.9. The Balaban J connectivity index is 1.93. The van der Waals surface area contributed by atoms with Crippen LogP contribution >= 0.6 is 0 Å². The lowest BCUT2D eigenvalue weighted by atomic mass is 10.1. The van der Waals surface area contributed by atoms with Gasteiger partial charge in [0.1, 0.15) is 17.6 Å². The fraction of sp³-hybridized carbons (Fsp3) is 0.375. The van der Waals surface area contributed by atoms with Crippen molar-refractivity contribution in [1.29, 1.82) is 0 Å². The van der Waals surface area contributed by atoms with Crippen LogP contribution in [0.15, 0.2) is 24.3 Å². The van der Waals surface area contributed by atoms with Gasteiger partial charge in [0, 0.05) is 17.5 Å². The molecule has 0 unspecified atom stereocenters. The zero-order valence-electron chi connectivity index (χ0n) is 12.2. The van der Waals surface area contributed by atoms with Crippen LogP contribution in [0.5, 0.6) is 5.75 Å². The number of rotatable bonds is 1. The van der Waals surface area contributed by atoms with Crippen molar-refractivity contribution in [2.45, 2.75) is 25.1 Å². The van der Waals surface area contributed by atoms with Gasteiger partial charge < -0.3 is 20.1 Å². The van der Waals surface area contributed by atoms with Crippen LogP contribution < -0.4 is 15.0 Å². The number of fused-ring (bicyclic) bond motifs is 4. The SMILES string of the molecule is COc1ccc2nc3c(cc2c1)[C@@H](O)NC(=O)[C@H]1CCCN31. The summed E-state index contributed by atoms with van der Waals surface area (Å²) in [5.41, 5.74) is 1.46. The number of nitrogens with one attached hydrogen (secondary N) is 1. The topological polar surface area (TPSA) is 74.7 Å². The van der Waals surface area contributed by atoms with Crippen molar-refractivity contribution in [3.05, 3.63) is 29.8 Å². The first-order chi connectivity index (χ1) is 10.7. The van der Waals surface area contributed by atoms with Gasteiger partial charge in [-0.05, 0) is 37.1 Å². The molecule has 0 saturated carbocycles. The van der Waals surface area contributed by atoms with Gasteiger partial charge in [-0.1, -0.05) is 0 Å². The van der Waals surface area contributed by atoms with Crippen LogP contribution in [-0.2, 0) is 4.79 Å². The molecule has 6 nitrogen and oxygen atoms in total. The van der Waals surface area contributed by atoms with Crippen molar-refractivity contribution >= 4 is 22.6 Å². The second-order valence-corrected chi connectivity index (χ2v) is 5.72. The van der Waals surface area contributed by atoms with Crippen molar-refractivity contribution in [2.75, 3.05) is 18.6 Å².